The molecule has 0 saturated carbocycles. The first kappa shape index (κ1) is 12.5. The highest BCUT2D eigenvalue weighted by molar-refractivity contribution is 7.91. The highest BCUT2D eigenvalue weighted by Gasteiger charge is 2.24. The summed E-state index contributed by atoms with van der Waals surface area (Å²) in [5.41, 5.74) is 1.00. The molecule has 1 aromatic rings. The van der Waals surface area contributed by atoms with Gasteiger partial charge >= 0.3 is 0 Å². The molecular weight excluding hydrogens is 236 g/mol. The molecule has 1 fully saturated rings. The minimum atomic E-state index is -2.77. The van der Waals surface area contributed by atoms with Crippen molar-refractivity contribution in [2.45, 2.75) is 31.8 Å². The van der Waals surface area contributed by atoms with Crippen molar-refractivity contribution in [3.8, 4) is 0 Å². The van der Waals surface area contributed by atoms with E-state index in [4.69, 9.17) is 0 Å². The summed E-state index contributed by atoms with van der Waals surface area (Å²) < 4.78 is 22.6. The van der Waals surface area contributed by atoms with E-state index in [-0.39, 0.29) is 12.1 Å². The average molecular weight is 254 g/mol. The lowest BCUT2D eigenvalue weighted by atomic mass is 10.1. The van der Waals surface area contributed by atoms with Crippen molar-refractivity contribution in [2.24, 2.45) is 0 Å². The summed E-state index contributed by atoms with van der Waals surface area (Å²) in [6.45, 7) is 2.06. The second-order valence-corrected chi connectivity index (χ2v) is 6.87. The molecule has 1 N–H and O–H groups in total. The van der Waals surface area contributed by atoms with Crippen LogP contribution in [0.25, 0.3) is 0 Å². The SMILES string of the molecule is CC(NC1CCS(=O)(=O)CC1)c1ccccn1. The topological polar surface area (TPSA) is 59.1 Å². The maximum absolute atomic E-state index is 11.3. The molecule has 2 rings (SSSR count). The molecule has 1 aromatic heterocycles. The number of rotatable bonds is 3. The van der Waals surface area contributed by atoms with Gasteiger partial charge in [-0.15, -0.1) is 0 Å². The van der Waals surface area contributed by atoms with E-state index < -0.39 is 9.84 Å². The van der Waals surface area contributed by atoms with Gasteiger partial charge in [0.2, 0.25) is 0 Å². The van der Waals surface area contributed by atoms with E-state index in [1.54, 1.807) is 6.20 Å². The van der Waals surface area contributed by atoms with Crippen LogP contribution in [-0.2, 0) is 9.84 Å². The Kier molecular flexibility index (Phi) is 3.79. The van der Waals surface area contributed by atoms with Gasteiger partial charge in [0.25, 0.3) is 0 Å². The molecule has 0 amide bonds. The van der Waals surface area contributed by atoms with Gasteiger partial charge < -0.3 is 5.32 Å². The van der Waals surface area contributed by atoms with E-state index in [9.17, 15) is 8.42 Å². The highest BCUT2D eigenvalue weighted by atomic mass is 32.2. The van der Waals surface area contributed by atoms with Gasteiger partial charge in [-0.2, -0.15) is 0 Å². The highest BCUT2D eigenvalue weighted by Crippen LogP contribution is 2.16. The molecule has 0 spiro atoms. The molecule has 0 bridgehead atoms. The molecule has 2 heterocycles. The number of nitrogens with zero attached hydrogens (tertiary/aromatic N) is 1. The number of nitrogens with one attached hydrogen (secondary N) is 1. The van der Waals surface area contributed by atoms with Crippen molar-refractivity contribution >= 4 is 9.84 Å². The van der Waals surface area contributed by atoms with Crippen LogP contribution in [0.5, 0.6) is 0 Å². The van der Waals surface area contributed by atoms with Gasteiger partial charge in [0, 0.05) is 18.3 Å². The normalized spacial score (nSPS) is 22.2. The van der Waals surface area contributed by atoms with Crippen molar-refractivity contribution in [1.29, 1.82) is 0 Å². The largest absolute Gasteiger partial charge is 0.306 e. The first-order chi connectivity index (χ1) is 8.07. The Balaban J connectivity index is 1.90. The number of hydrogen-bond donors (Lipinski definition) is 1. The Labute approximate surface area is 102 Å². The number of pyridine rings is 1. The Morgan fingerprint density at radius 3 is 2.65 bits per heavy atom. The summed E-state index contributed by atoms with van der Waals surface area (Å²) in [4.78, 5) is 4.29. The fourth-order valence-corrected chi connectivity index (χ4v) is 3.62. The average Bonchev–Trinajstić information content (AvgIpc) is 2.33. The second kappa shape index (κ2) is 5.14. The molecule has 17 heavy (non-hydrogen) atoms. The summed E-state index contributed by atoms with van der Waals surface area (Å²) in [6, 6.07) is 6.30. The van der Waals surface area contributed by atoms with Crippen molar-refractivity contribution in [3.63, 3.8) is 0 Å². The Hall–Kier alpha value is -0.940. The second-order valence-electron chi connectivity index (χ2n) is 4.57. The van der Waals surface area contributed by atoms with Gasteiger partial charge in [-0.25, -0.2) is 8.42 Å². The van der Waals surface area contributed by atoms with Gasteiger partial charge in [0.15, 0.2) is 0 Å². The zero-order valence-electron chi connectivity index (χ0n) is 9.96. The summed E-state index contributed by atoms with van der Waals surface area (Å²) in [7, 11) is -2.77. The van der Waals surface area contributed by atoms with Gasteiger partial charge in [-0.05, 0) is 31.9 Å². The molecule has 1 saturated heterocycles. The molecule has 1 unspecified atom stereocenters. The zero-order chi connectivity index (χ0) is 12.3. The third-order valence-electron chi connectivity index (χ3n) is 3.17. The maximum Gasteiger partial charge on any atom is 0.150 e. The molecule has 1 atom stereocenters. The van der Waals surface area contributed by atoms with E-state index in [1.807, 2.05) is 18.2 Å². The minimum absolute atomic E-state index is 0.169. The van der Waals surface area contributed by atoms with Crippen LogP contribution in [0.15, 0.2) is 24.4 Å². The number of aromatic nitrogens is 1. The van der Waals surface area contributed by atoms with E-state index >= 15 is 0 Å². The van der Waals surface area contributed by atoms with Crippen LogP contribution in [0.4, 0.5) is 0 Å². The van der Waals surface area contributed by atoms with Crippen molar-refractivity contribution in [1.82, 2.24) is 10.3 Å². The van der Waals surface area contributed by atoms with Crippen molar-refractivity contribution in [3.05, 3.63) is 30.1 Å². The summed E-state index contributed by atoms with van der Waals surface area (Å²) in [5.74, 6) is 0.610. The van der Waals surface area contributed by atoms with E-state index in [0.717, 1.165) is 5.69 Å². The molecule has 0 aliphatic carbocycles. The van der Waals surface area contributed by atoms with Gasteiger partial charge in [0.05, 0.1) is 17.2 Å². The first-order valence-electron chi connectivity index (χ1n) is 5.94. The zero-order valence-corrected chi connectivity index (χ0v) is 10.8. The predicted octanol–water partition coefficient (Wildman–Crippen LogP) is 1.31. The third kappa shape index (κ3) is 3.51. The number of hydrogen-bond acceptors (Lipinski definition) is 4. The van der Waals surface area contributed by atoms with E-state index in [2.05, 4.69) is 17.2 Å². The monoisotopic (exact) mass is 254 g/mol. The first-order valence-corrected chi connectivity index (χ1v) is 7.76. The van der Waals surface area contributed by atoms with E-state index in [1.165, 1.54) is 0 Å². The molecule has 4 nitrogen and oxygen atoms in total. The lowest BCUT2D eigenvalue weighted by molar-refractivity contribution is 0.416. The summed E-state index contributed by atoms with van der Waals surface area (Å²) >= 11 is 0. The van der Waals surface area contributed by atoms with Crippen LogP contribution >= 0.6 is 0 Å². The number of sulfone groups is 1. The predicted molar refractivity (Wildman–Crippen MR) is 67.5 cm³/mol. The molecule has 5 heteroatoms. The van der Waals surface area contributed by atoms with Gasteiger partial charge in [-0.3, -0.25) is 4.98 Å². The smallest absolute Gasteiger partial charge is 0.150 e. The molecule has 1 aliphatic rings. The Bertz CT molecular complexity index is 445. The molecule has 94 valence electrons. The maximum atomic E-state index is 11.3. The van der Waals surface area contributed by atoms with Crippen LogP contribution < -0.4 is 5.32 Å². The molecular formula is C12H18N2O2S. The van der Waals surface area contributed by atoms with Gasteiger partial charge in [-0.1, -0.05) is 6.07 Å². The lowest BCUT2D eigenvalue weighted by Gasteiger charge is -2.26. The third-order valence-corrected chi connectivity index (χ3v) is 4.89. The molecule has 1 aliphatic heterocycles. The van der Waals surface area contributed by atoms with Crippen LogP contribution in [0.2, 0.25) is 0 Å². The molecule has 0 radical (unpaired) electrons. The minimum Gasteiger partial charge on any atom is -0.306 e. The van der Waals surface area contributed by atoms with Crippen LogP contribution in [-0.4, -0.2) is 30.9 Å². The van der Waals surface area contributed by atoms with Crippen molar-refractivity contribution in [2.75, 3.05) is 11.5 Å². The standard InChI is InChI=1S/C12H18N2O2S/c1-10(12-4-2-3-7-13-12)14-11-5-8-17(15,16)9-6-11/h2-4,7,10-11,14H,5-6,8-9H2,1H3. The van der Waals surface area contributed by atoms with Crippen LogP contribution in [0, 0.1) is 0 Å². The summed E-state index contributed by atoms with van der Waals surface area (Å²) in [5, 5.41) is 3.45. The van der Waals surface area contributed by atoms with Gasteiger partial charge in [0.1, 0.15) is 9.84 Å². The van der Waals surface area contributed by atoms with Crippen LogP contribution in [0.3, 0.4) is 0 Å². The fourth-order valence-electron chi connectivity index (χ4n) is 2.13. The summed E-state index contributed by atoms with van der Waals surface area (Å²) in [6.07, 6.45) is 3.19. The Morgan fingerprint density at radius 1 is 1.35 bits per heavy atom. The lowest BCUT2D eigenvalue weighted by Crippen LogP contribution is -2.38. The molecule has 0 aromatic carbocycles. The van der Waals surface area contributed by atoms with Crippen molar-refractivity contribution < 1.29 is 8.42 Å². The fraction of sp³-hybridized carbons (Fsp3) is 0.583. The quantitative estimate of drug-likeness (QED) is 0.883. The Morgan fingerprint density at radius 2 is 2.06 bits per heavy atom. The van der Waals surface area contributed by atoms with Crippen LogP contribution in [0.1, 0.15) is 31.5 Å². The van der Waals surface area contributed by atoms with E-state index in [0.29, 0.717) is 24.3 Å².